The number of hydrogen-bond acceptors (Lipinski definition) is 4. The number of nitrogens with one attached hydrogen (secondary N) is 1. The molecule has 0 unspecified atom stereocenters. The molecule has 0 saturated heterocycles. The minimum Gasteiger partial charge on any atom is -0.457 e. The highest BCUT2D eigenvalue weighted by molar-refractivity contribution is 5.92. The molecular weight excluding hydrogens is 247 g/mol. The maximum absolute atomic E-state index is 13.6. The molecule has 98 valence electrons. The van der Waals surface area contributed by atoms with Gasteiger partial charge in [-0.25, -0.2) is 4.39 Å². The first kappa shape index (κ1) is 13.0. The van der Waals surface area contributed by atoms with Crippen molar-refractivity contribution in [2.24, 2.45) is 0 Å². The standard InChI is InChI=1S/C14H13FN2O2/c1-9(18)14-8-11(5-6-17-14)19-10-3-4-13(16-2)12(15)7-10/h3-8,16H,1-2H3. The molecule has 4 nitrogen and oxygen atoms in total. The van der Waals surface area contributed by atoms with Gasteiger partial charge in [0.2, 0.25) is 0 Å². The van der Waals surface area contributed by atoms with Crippen molar-refractivity contribution in [3.8, 4) is 11.5 Å². The largest absolute Gasteiger partial charge is 0.457 e. The van der Waals surface area contributed by atoms with Crippen LogP contribution in [0.5, 0.6) is 11.5 Å². The molecule has 1 heterocycles. The summed E-state index contributed by atoms with van der Waals surface area (Å²) in [6.45, 7) is 1.42. The summed E-state index contributed by atoms with van der Waals surface area (Å²) >= 11 is 0. The van der Waals surface area contributed by atoms with E-state index in [0.29, 0.717) is 22.9 Å². The van der Waals surface area contributed by atoms with E-state index in [1.807, 2.05) is 0 Å². The molecule has 19 heavy (non-hydrogen) atoms. The Bertz CT molecular complexity index is 614. The number of benzene rings is 1. The lowest BCUT2D eigenvalue weighted by Gasteiger charge is -2.08. The van der Waals surface area contributed by atoms with Crippen molar-refractivity contribution < 1.29 is 13.9 Å². The SMILES string of the molecule is CNc1ccc(Oc2ccnc(C(C)=O)c2)cc1F. The van der Waals surface area contributed by atoms with Crippen LogP contribution in [0.1, 0.15) is 17.4 Å². The van der Waals surface area contributed by atoms with E-state index >= 15 is 0 Å². The molecule has 1 aromatic carbocycles. The maximum atomic E-state index is 13.6. The Kier molecular flexibility index (Phi) is 3.75. The summed E-state index contributed by atoms with van der Waals surface area (Å²) in [6.07, 6.45) is 1.48. The van der Waals surface area contributed by atoms with Gasteiger partial charge in [-0.3, -0.25) is 9.78 Å². The lowest BCUT2D eigenvalue weighted by atomic mass is 10.2. The van der Waals surface area contributed by atoms with Crippen LogP contribution in [0.4, 0.5) is 10.1 Å². The smallest absolute Gasteiger partial charge is 0.178 e. The number of ether oxygens (including phenoxy) is 1. The first-order valence-electron chi connectivity index (χ1n) is 5.72. The van der Waals surface area contributed by atoms with Gasteiger partial charge >= 0.3 is 0 Å². The van der Waals surface area contributed by atoms with Crippen LogP contribution in [-0.2, 0) is 0 Å². The fraction of sp³-hybridized carbons (Fsp3) is 0.143. The van der Waals surface area contributed by atoms with E-state index in [4.69, 9.17) is 4.74 Å². The highest BCUT2D eigenvalue weighted by atomic mass is 19.1. The van der Waals surface area contributed by atoms with E-state index in [2.05, 4.69) is 10.3 Å². The number of nitrogens with zero attached hydrogens (tertiary/aromatic N) is 1. The molecule has 1 aromatic heterocycles. The number of aromatic nitrogens is 1. The van der Waals surface area contributed by atoms with E-state index < -0.39 is 5.82 Å². The van der Waals surface area contributed by atoms with Crippen molar-refractivity contribution in [2.75, 3.05) is 12.4 Å². The van der Waals surface area contributed by atoms with Gasteiger partial charge in [0.25, 0.3) is 0 Å². The second-order valence-electron chi connectivity index (χ2n) is 3.93. The third-order valence-electron chi connectivity index (χ3n) is 2.54. The monoisotopic (exact) mass is 260 g/mol. The van der Waals surface area contributed by atoms with Crippen LogP contribution in [0.2, 0.25) is 0 Å². The molecular formula is C14H13FN2O2. The number of Topliss-reactive ketones (excluding diaryl/α,β-unsaturated/α-hetero) is 1. The van der Waals surface area contributed by atoms with E-state index in [1.54, 1.807) is 25.2 Å². The zero-order valence-corrected chi connectivity index (χ0v) is 10.6. The first-order valence-corrected chi connectivity index (χ1v) is 5.72. The second kappa shape index (κ2) is 5.48. The summed E-state index contributed by atoms with van der Waals surface area (Å²) in [4.78, 5) is 15.1. The zero-order valence-electron chi connectivity index (χ0n) is 10.6. The minimum absolute atomic E-state index is 0.151. The van der Waals surface area contributed by atoms with Crippen molar-refractivity contribution in [3.63, 3.8) is 0 Å². The van der Waals surface area contributed by atoms with Crippen LogP contribution < -0.4 is 10.1 Å². The van der Waals surface area contributed by atoms with Crippen molar-refractivity contribution in [3.05, 3.63) is 48.0 Å². The highest BCUT2D eigenvalue weighted by Gasteiger charge is 2.06. The zero-order chi connectivity index (χ0) is 13.8. The third kappa shape index (κ3) is 3.07. The number of carbonyl (C=O) groups excluding carboxylic acids is 1. The van der Waals surface area contributed by atoms with Crippen LogP contribution >= 0.6 is 0 Å². The van der Waals surface area contributed by atoms with Gasteiger partial charge in [-0.05, 0) is 18.2 Å². The van der Waals surface area contributed by atoms with Gasteiger partial charge in [-0.15, -0.1) is 0 Å². The molecule has 2 aromatic rings. The lowest BCUT2D eigenvalue weighted by molar-refractivity contribution is 0.101. The molecule has 0 aliphatic rings. The van der Waals surface area contributed by atoms with E-state index in [-0.39, 0.29) is 5.78 Å². The number of hydrogen-bond donors (Lipinski definition) is 1. The van der Waals surface area contributed by atoms with Crippen molar-refractivity contribution in [2.45, 2.75) is 6.92 Å². The van der Waals surface area contributed by atoms with Gasteiger partial charge in [0.15, 0.2) is 5.78 Å². The molecule has 0 aliphatic heterocycles. The molecule has 1 N–H and O–H groups in total. The third-order valence-corrected chi connectivity index (χ3v) is 2.54. The molecule has 0 bridgehead atoms. The van der Waals surface area contributed by atoms with Gasteiger partial charge in [0.05, 0.1) is 5.69 Å². The summed E-state index contributed by atoms with van der Waals surface area (Å²) < 4.78 is 19.0. The van der Waals surface area contributed by atoms with Gasteiger partial charge in [0, 0.05) is 32.3 Å². The number of ketones is 1. The van der Waals surface area contributed by atoms with Crippen molar-refractivity contribution >= 4 is 11.5 Å². The van der Waals surface area contributed by atoms with E-state index in [0.717, 1.165) is 0 Å². The van der Waals surface area contributed by atoms with Gasteiger partial charge < -0.3 is 10.1 Å². The first-order chi connectivity index (χ1) is 9.10. The van der Waals surface area contributed by atoms with Crippen molar-refractivity contribution in [1.29, 1.82) is 0 Å². The van der Waals surface area contributed by atoms with Crippen LogP contribution in [-0.4, -0.2) is 17.8 Å². The predicted octanol–water partition coefficient (Wildman–Crippen LogP) is 3.26. The Morgan fingerprint density at radius 3 is 2.63 bits per heavy atom. The fourth-order valence-corrected chi connectivity index (χ4v) is 1.57. The highest BCUT2D eigenvalue weighted by Crippen LogP contribution is 2.25. The second-order valence-corrected chi connectivity index (χ2v) is 3.93. The molecule has 0 atom stereocenters. The van der Waals surface area contributed by atoms with Crippen molar-refractivity contribution in [1.82, 2.24) is 4.98 Å². The Morgan fingerprint density at radius 2 is 2.00 bits per heavy atom. The molecule has 0 fully saturated rings. The molecule has 0 aliphatic carbocycles. The van der Waals surface area contributed by atoms with Crippen LogP contribution in [0.3, 0.4) is 0 Å². The Balaban J connectivity index is 2.23. The topological polar surface area (TPSA) is 51.2 Å². The molecule has 0 spiro atoms. The summed E-state index contributed by atoms with van der Waals surface area (Å²) in [5, 5.41) is 2.73. The van der Waals surface area contributed by atoms with Crippen LogP contribution in [0.25, 0.3) is 0 Å². The van der Waals surface area contributed by atoms with Gasteiger partial charge in [-0.1, -0.05) is 0 Å². The Morgan fingerprint density at radius 1 is 1.26 bits per heavy atom. The molecule has 0 saturated carbocycles. The molecule has 0 amide bonds. The maximum Gasteiger partial charge on any atom is 0.178 e. The number of anilines is 1. The average Bonchev–Trinajstić information content (AvgIpc) is 2.39. The van der Waals surface area contributed by atoms with E-state index in [9.17, 15) is 9.18 Å². The molecule has 2 rings (SSSR count). The summed E-state index contributed by atoms with van der Waals surface area (Å²) in [6, 6.07) is 7.63. The Labute approximate surface area is 110 Å². The average molecular weight is 260 g/mol. The predicted molar refractivity (Wildman–Crippen MR) is 70.3 cm³/mol. The molecule has 5 heteroatoms. The fourth-order valence-electron chi connectivity index (χ4n) is 1.57. The number of rotatable bonds is 4. The summed E-state index contributed by atoms with van der Waals surface area (Å²) in [5.41, 5.74) is 0.705. The Hall–Kier alpha value is -2.43. The van der Waals surface area contributed by atoms with Gasteiger partial charge in [-0.2, -0.15) is 0 Å². The molecule has 0 radical (unpaired) electrons. The normalized spacial score (nSPS) is 10.1. The van der Waals surface area contributed by atoms with Crippen LogP contribution in [0.15, 0.2) is 36.5 Å². The lowest BCUT2D eigenvalue weighted by Crippen LogP contribution is -1.97. The minimum atomic E-state index is -0.402. The quantitative estimate of drug-likeness (QED) is 0.857. The summed E-state index contributed by atoms with van der Waals surface area (Å²) in [7, 11) is 1.64. The van der Waals surface area contributed by atoms with E-state index in [1.165, 1.54) is 25.3 Å². The summed E-state index contributed by atoms with van der Waals surface area (Å²) in [5.74, 6) is 0.247. The number of pyridine rings is 1. The number of carbonyl (C=O) groups is 1. The van der Waals surface area contributed by atoms with Gasteiger partial charge in [0.1, 0.15) is 23.0 Å². The van der Waals surface area contributed by atoms with Crippen LogP contribution in [0, 0.1) is 5.82 Å². The number of halogens is 1.